The zero-order valence-electron chi connectivity index (χ0n) is 16.9. The number of rotatable bonds is 8. The minimum atomic E-state index is -0.380. The third kappa shape index (κ3) is 6.12. The second-order valence-corrected chi connectivity index (χ2v) is 8.54. The van der Waals surface area contributed by atoms with E-state index in [1.54, 1.807) is 43.0 Å². The van der Waals surface area contributed by atoms with Crippen molar-refractivity contribution in [1.29, 1.82) is 0 Å². The molecular weight excluding hydrogens is 430 g/mol. The first-order chi connectivity index (χ1) is 14.5. The lowest BCUT2D eigenvalue weighted by Gasteiger charge is -2.32. The van der Waals surface area contributed by atoms with Gasteiger partial charge in [0, 0.05) is 18.1 Å². The summed E-state index contributed by atoms with van der Waals surface area (Å²) in [6, 6.07) is 6.96. The van der Waals surface area contributed by atoms with Gasteiger partial charge in [-0.3, -0.25) is 9.59 Å². The van der Waals surface area contributed by atoms with Gasteiger partial charge in [0.2, 0.25) is 5.91 Å². The van der Waals surface area contributed by atoms with Crippen molar-refractivity contribution in [2.75, 3.05) is 19.7 Å². The lowest BCUT2D eigenvalue weighted by Crippen LogP contribution is -2.43. The van der Waals surface area contributed by atoms with Gasteiger partial charge in [0.25, 0.3) is 11.1 Å². The van der Waals surface area contributed by atoms with Gasteiger partial charge in [-0.2, -0.15) is 0 Å². The van der Waals surface area contributed by atoms with Gasteiger partial charge in [-0.15, -0.1) is 10.2 Å². The fourth-order valence-corrected chi connectivity index (χ4v) is 3.99. The fourth-order valence-electron chi connectivity index (χ4n) is 3.07. The largest absolute Gasteiger partial charge is 0.484 e. The van der Waals surface area contributed by atoms with Crippen LogP contribution in [-0.4, -0.2) is 51.9 Å². The minimum Gasteiger partial charge on any atom is -0.484 e. The molecule has 0 bridgehead atoms. The molecule has 0 spiro atoms. The van der Waals surface area contributed by atoms with Crippen molar-refractivity contribution in [3.05, 3.63) is 35.2 Å². The Morgan fingerprint density at radius 2 is 1.97 bits per heavy atom. The Labute approximate surface area is 184 Å². The summed E-state index contributed by atoms with van der Waals surface area (Å²) in [5.41, 5.74) is 0. The first kappa shape index (κ1) is 22.4. The van der Waals surface area contributed by atoms with Crippen molar-refractivity contribution in [3.63, 3.8) is 0 Å². The zero-order chi connectivity index (χ0) is 21.5. The second kappa shape index (κ2) is 10.7. The van der Waals surface area contributed by atoms with Crippen molar-refractivity contribution < 1.29 is 23.5 Å². The molecule has 0 saturated carbocycles. The number of benzene rings is 1. The molecule has 1 atom stereocenters. The van der Waals surface area contributed by atoms with Crippen LogP contribution in [0.4, 0.5) is 0 Å². The first-order valence-corrected chi connectivity index (χ1v) is 11.0. The molecule has 1 unspecified atom stereocenters. The lowest BCUT2D eigenvalue weighted by molar-refractivity contribution is -0.151. The lowest BCUT2D eigenvalue weighted by atomic mass is 9.97. The SMILES string of the molecule is CCOC(=O)C1CCN(C(=O)C(C)Sc2nnc(COc3ccc(Cl)cc3)o2)CC1. The summed E-state index contributed by atoms with van der Waals surface area (Å²) in [5.74, 6) is 0.644. The number of esters is 1. The van der Waals surface area contributed by atoms with Crippen LogP contribution in [0.2, 0.25) is 5.02 Å². The summed E-state index contributed by atoms with van der Waals surface area (Å²) < 4.78 is 16.2. The number of carbonyl (C=O) groups is 2. The summed E-state index contributed by atoms with van der Waals surface area (Å²) in [7, 11) is 0. The van der Waals surface area contributed by atoms with Crippen LogP contribution >= 0.6 is 23.4 Å². The number of thioether (sulfide) groups is 1. The maximum atomic E-state index is 12.7. The Bertz CT molecular complexity index is 852. The van der Waals surface area contributed by atoms with E-state index in [1.165, 1.54) is 11.8 Å². The van der Waals surface area contributed by atoms with E-state index in [0.29, 0.717) is 54.4 Å². The minimum absolute atomic E-state index is 0.0144. The van der Waals surface area contributed by atoms with Gasteiger partial charge in [0.15, 0.2) is 6.61 Å². The molecule has 1 amide bonds. The van der Waals surface area contributed by atoms with Crippen molar-refractivity contribution in [2.24, 2.45) is 5.92 Å². The number of likely N-dealkylation sites (tertiary alicyclic amines) is 1. The first-order valence-electron chi connectivity index (χ1n) is 9.79. The summed E-state index contributed by atoms with van der Waals surface area (Å²) in [5, 5.41) is 8.49. The number of hydrogen-bond donors (Lipinski definition) is 0. The molecule has 2 heterocycles. The highest BCUT2D eigenvalue weighted by atomic mass is 35.5. The highest BCUT2D eigenvalue weighted by Crippen LogP contribution is 2.26. The Balaban J connectivity index is 1.45. The van der Waals surface area contributed by atoms with Crippen LogP contribution in [0, 0.1) is 5.92 Å². The Morgan fingerprint density at radius 1 is 1.27 bits per heavy atom. The highest BCUT2D eigenvalue weighted by Gasteiger charge is 2.31. The van der Waals surface area contributed by atoms with E-state index in [1.807, 2.05) is 0 Å². The highest BCUT2D eigenvalue weighted by molar-refractivity contribution is 8.00. The average Bonchev–Trinajstić information content (AvgIpc) is 3.20. The number of piperidine rings is 1. The second-order valence-electron chi connectivity index (χ2n) is 6.82. The van der Waals surface area contributed by atoms with E-state index >= 15 is 0 Å². The van der Waals surface area contributed by atoms with Gasteiger partial charge in [-0.1, -0.05) is 23.4 Å². The molecule has 1 aliphatic rings. The third-order valence-corrected chi connectivity index (χ3v) is 5.85. The van der Waals surface area contributed by atoms with Gasteiger partial charge in [0.05, 0.1) is 17.8 Å². The Kier molecular flexibility index (Phi) is 7.98. The van der Waals surface area contributed by atoms with Crippen LogP contribution in [-0.2, 0) is 20.9 Å². The number of amides is 1. The molecule has 2 aromatic rings. The quantitative estimate of drug-likeness (QED) is 0.442. The number of ether oxygens (including phenoxy) is 2. The predicted octanol–water partition coefficient (Wildman–Crippen LogP) is 3.58. The van der Waals surface area contributed by atoms with E-state index in [9.17, 15) is 9.59 Å². The van der Waals surface area contributed by atoms with E-state index in [0.717, 1.165) is 0 Å². The Morgan fingerprint density at radius 3 is 2.63 bits per heavy atom. The summed E-state index contributed by atoms with van der Waals surface area (Å²) in [6.07, 6.45) is 1.24. The van der Waals surface area contributed by atoms with Gasteiger partial charge in [-0.25, -0.2) is 0 Å². The van der Waals surface area contributed by atoms with Crippen LogP contribution in [0.1, 0.15) is 32.6 Å². The molecule has 1 fully saturated rings. The molecule has 1 aromatic carbocycles. The van der Waals surface area contributed by atoms with Crippen molar-refractivity contribution >= 4 is 35.2 Å². The molecule has 10 heteroatoms. The molecule has 1 aliphatic heterocycles. The van der Waals surface area contributed by atoms with Gasteiger partial charge >= 0.3 is 5.97 Å². The standard InChI is InChI=1S/C20H24ClN3O5S/c1-3-27-19(26)14-8-10-24(11-9-14)18(25)13(2)30-20-23-22-17(29-20)12-28-16-6-4-15(21)5-7-16/h4-7,13-14H,3,8-12H2,1-2H3. The topological polar surface area (TPSA) is 94.8 Å². The molecule has 3 rings (SSSR count). The van der Waals surface area contributed by atoms with Crippen molar-refractivity contribution in [3.8, 4) is 5.75 Å². The van der Waals surface area contributed by atoms with Crippen LogP contribution in [0.3, 0.4) is 0 Å². The van der Waals surface area contributed by atoms with Crippen LogP contribution < -0.4 is 4.74 Å². The summed E-state index contributed by atoms with van der Waals surface area (Å²) >= 11 is 7.05. The van der Waals surface area contributed by atoms with Crippen LogP contribution in [0.25, 0.3) is 0 Å². The zero-order valence-corrected chi connectivity index (χ0v) is 18.4. The monoisotopic (exact) mass is 453 g/mol. The molecular formula is C20H24ClN3O5S. The van der Waals surface area contributed by atoms with Gasteiger partial charge in [0.1, 0.15) is 5.75 Å². The Hall–Kier alpha value is -2.26. The molecule has 30 heavy (non-hydrogen) atoms. The van der Waals surface area contributed by atoms with E-state index in [4.69, 9.17) is 25.5 Å². The van der Waals surface area contributed by atoms with E-state index in [-0.39, 0.29) is 29.7 Å². The van der Waals surface area contributed by atoms with Crippen LogP contribution in [0.5, 0.6) is 5.75 Å². The third-order valence-electron chi connectivity index (χ3n) is 4.68. The summed E-state index contributed by atoms with van der Waals surface area (Å²) in [6.45, 7) is 5.18. The molecule has 0 N–H and O–H groups in total. The molecule has 1 aromatic heterocycles. The molecule has 162 valence electrons. The average molecular weight is 454 g/mol. The van der Waals surface area contributed by atoms with E-state index < -0.39 is 0 Å². The van der Waals surface area contributed by atoms with Gasteiger partial charge < -0.3 is 18.8 Å². The molecule has 0 radical (unpaired) electrons. The maximum Gasteiger partial charge on any atom is 0.309 e. The smallest absolute Gasteiger partial charge is 0.309 e. The van der Waals surface area contributed by atoms with Crippen LogP contribution in [0.15, 0.2) is 33.9 Å². The molecule has 8 nitrogen and oxygen atoms in total. The van der Waals surface area contributed by atoms with Crippen molar-refractivity contribution in [2.45, 2.75) is 43.8 Å². The molecule has 0 aliphatic carbocycles. The maximum absolute atomic E-state index is 12.7. The number of halogens is 1. The predicted molar refractivity (Wildman–Crippen MR) is 111 cm³/mol. The summed E-state index contributed by atoms with van der Waals surface area (Å²) in [4.78, 5) is 26.3. The van der Waals surface area contributed by atoms with Gasteiger partial charge in [-0.05, 0) is 51.0 Å². The normalized spacial score (nSPS) is 15.6. The number of aromatic nitrogens is 2. The number of hydrogen-bond acceptors (Lipinski definition) is 8. The van der Waals surface area contributed by atoms with E-state index in [2.05, 4.69) is 10.2 Å². The number of nitrogens with zero attached hydrogens (tertiary/aromatic N) is 3. The number of carbonyl (C=O) groups excluding carboxylic acids is 2. The fraction of sp³-hybridized carbons (Fsp3) is 0.500. The molecule has 1 saturated heterocycles. The van der Waals surface area contributed by atoms with Crippen molar-refractivity contribution in [1.82, 2.24) is 15.1 Å².